The quantitative estimate of drug-likeness (QED) is 0.790. The molecule has 0 aliphatic carbocycles. The fraction of sp³-hybridized carbons (Fsp3) is 0.409. The summed E-state index contributed by atoms with van der Waals surface area (Å²) in [5, 5.41) is 2.74. The van der Waals surface area contributed by atoms with Gasteiger partial charge in [-0.05, 0) is 76.9 Å². The van der Waals surface area contributed by atoms with Gasteiger partial charge in [0.15, 0.2) is 9.84 Å². The molecule has 2 rings (SSSR count). The molecule has 0 unspecified atom stereocenters. The number of hydrogen-bond donors (Lipinski definition) is 1. The van der Waals surface area contributed by atoms with Crippen molar-refractivity contribution in [1.29, 1.82) is 0 Å². The molecule has 28 heavy (non-hydrogen) atoms. The van der Waals surface area contributed by atoms with E-state index < -0.39 is 20.5 Å². The van der Waals surface area contributed by atoms with E-state index in [2.05, 4.69) is 5.32 Å². The Morgan fingerprint density at radius 3 is 2.14 bits per heavy atom. The Balaban J connectivity index is 2.09. The van der Waals surface area contributed by atoms with Gasteiger partial charge in [-0.2, -0.15) is 0 Å². The number of amides is 1. The number of carbonyl (C=O) groups is 1. The number of rotatable bonds is 6. The Morgan fingerprint density at radius 2 is 1.61 bits per heavy atom. The van der Waals surface area contributed by atoms with Crippen LogP contribution < -0.4 is 10.1 Å². The van der Waals surface area contributed by atoms with Crippen molar-refractivity contribution in [3.05, 3.63) is 59.7 Å². The van der Waals surface area contributed by atoms with Crippen molar-refractivity contribution in [2.45, 2.75) is 63.3 Å². The van der Waals surface area contributed by atoms with Gasteiger partial charge in [-0.25, -0.2) is 8.42 Å². The summed E-state index contributed by atoms with van der Waals surface area (Å²) < 4.78 is 30.1. The highest BCUT2D eigenvalue weighted by molar-refractivity contribution is 7.93. The first kappa shape index (κ1) is 22.0. The first-order chi connectivity index (χ1) is 12.8. The lowest BCUT2D eigenvalue weighted by molar-refractivity contribution is -0.123. The second kappa shape index (κ2) is 7.95. The van der Waals surface area contributed by atoms with Crippen molar-refractivity contribution < 1.29 is 17.9 Å². The normalized spacial score (nSPS) is 12.5. The van der Waals surface area contributed by atoms with Gasteiger partial charge < -0.3 is 10.1 Å². The zero-order chi connectivity index (χ0) is 21.2. The maximum absolute atomic E-state index is 13.0. The maximum Gasteiger partial charge on any atom is 0.241 e. The van der Waals surface area contributed by atoms with Crippen molar-refractivity contribution in [3.8, 4) is 5.75 Å². The van der Waals surface area contributed by atoms with E-state index in [4.69, 9.17) is 4.74 Å². The molecular weight excluding hydrogens is 374 g/mol. The summed E-state index contributed by atoms with van der Waals surface area (Å²) >= 11 is 0. The molecule has 2 aromatic rings. The predicted octanol–water partition coefficient (Wildman–Crippen LogP) is 4.04. The molecule has 5 nitrogen and oxygen atoms in total. The molecule has 0 radical (unpaired) electrons. The zero-order valence-corrected chi connectivity index (χ0v) is 18.2. The van der Waals surface area contributed by atoms with E-state index in [1.165, 1.54) is 19.9 Å². The molecule has 0 atom stereocenters. The molecule has 0 saturated heterocycles. The van der Waals surface area contributed by atoms with Gasteiger partial charge in [0.05, 0.1) is 4.90 Å². The third kappa shape index (κ3) is 5.13. The molecular formula is C22H29NO4S. The molecule has 0 aliphatic heterocycles. The SMILES string of the molecule is Cc1cccc(S(=O)(=O)C(C)(C)C(=O)NCc2ccc(OC(C)(C)C)cc2)c1. The Labute approximate surface area is 168 Å². The smallest absolute Gasteiger partial charge is 0.241 e. The number of ether oxygens (including phenoxy) is 1. The van der Waals surface area contributed by atoms with Gasteiger partial charge >= 0.3 is 0 Å². The molecule has 1 amide bonds. The van der Waals surface area contributed by atoms with Gasteiger partial charge in [-0.15, -0.1) is 0 Å². The number of aryl methyl sites for hydroxylation is 1. The van der Waals surface area contributed by atoms with E-state index in [-0.39, 0.29) is 17.0 Å². The molecule has 0 aromatic heterocycles. The summed E-state index contributed by atoms with van der Waals surface area (Å²) in [5.41, 5.74) is 1.40. The van der Waals surface area contributed by atoms with Crippen LogP contribution in [0.3, 0.4) is 0 Å². The van der Waals surface area contributed by atoms with Crippen LogP contribution in [0.2, 0.25) is 0 Å². The van der Waals surface area contributed by atoms with E-state index in [0.29, 0.717) is 0 Å². The van der Waals surface area contributed by atoms with Crippen LogP contribution in [-0.2, 0) is 21.2 Å². The molecule has 0 bridgehead atoms. The van der Waals surface area contributed by atoms with Gasteiger partial charge in [-0.3, -0.25) is 4.79 Å². The van der Waals surface area contributed by atoms with Crippen molar-refractivity contribution >= 4 is 15.7 Å². The monoisotopic (exact) mass is 403 g/mol. The van der Waals surface area contributed by atoms with Crippen molar-refractivity contribution in [2.75, 3.05) is 0 Å². The molecule has 0 heterocycles. The summed E-state index contributed by atoms with van der Waals surface area (Å²) in [6, 6.07) is 14.0. The number of carbonyl (C=O) groups excluding carboxylic acids is 1. The lowest BCUT2D eigenvalue weighted by atomic mass is 10.1. The minimum absolute atomic E-state index is 0.149. The van der Waals surface area contributed by atoms with Crippen LogP contribution in [0, 0.1) is 6.92 Å². The second-order valence-corrected chi connectivity index (χ2v) is 10.9. The molecule has 1 N–H and O–H groups in total. The minimum atomic E-state index is -3.82. The maximum atomic E-state index is 13.0. The largest absolute Gasteiger partial charge is 0.488 e. The molecule has 6 heteroatoms. The lowest BCUT2D eigenvalue weighted by Gasteiger charge is -2.24. The Hall–Kier alpha value is -2.34. The third-order valence-corrected chi connectivity index (χ3v) is 6.72. The molecule has 0 spiro atoms. The third-order valence-electron chi connectivity index (χ3n) is 4.32. The first-order valence-corrected chi connectivity index (χ1v) is 10.7. The second-order valence-electron chi connectivity index (χ2n) is 8.37. The lowest BCUT2D eigenvalue weighted by Crippen LogP contribution is -2.47. The average Bonchev–Trinajstić information content (AvgIpc) is 2.59. The fourth-order valence-corrected chi connectivity index (χ4v) is 4.13. The van der Waals surface area contributed by atoms with Crippen LogP contribution in [0.5, 0.6) is 5.75 Å². The summed E-state index contributed by atoms with van der Waals surface area (Å²) in [4.78, 5) is 12.8. The average molecular weight is 404 g/mol. The van der Waals surface area contributed by atoms with Gasteiger partial charge in [0.1, 0.15) is 16.1 Å². The highest BCUT2D eigenvalue weighted by atomic mass is 32.2. The highest BCUT2D eigenvalue weighted by Gasteiger charge is 2.42. The standard InChI is InChI=1S/C22H29NO4S/c1-16-8-7-9-19(14-16)28(25,26)22(5,6)20(24)23-15-17-10-12-18(13-11-17)27-21(2,3)4/h7-14H,15H2,1-6H3,(H,23,24). The minimum Gasteiger partial charge on any atom is -0.488 e. The molecule has 0 aliphatic rings. The number of benzene rings is 2. The van der Waals surface area contributed by atoms with Crippen molar-refractivity contribution in [3.63, 3.8) is 0 Å². The molecule has 2 aromatic carbocycles. The van der Waals surface area contributed by atoms with Crippen LogP contribution in [0.1, 0.15) is 45.7 Å². The molecule has 152 valence electrons. The Morgan fingerprint density at radius 1 is 1.00 bits per heavy atom. The molecule has 0 saturated carbocycles. The van der Waals surface area contributed by atoms with E-state index in [0.717, 1.165) is 16.9 Å². The Bertz CT molecular complexity index is 939. The van der Waals surface area contributed by atoms with Crippen LogP contribution in [0.25, 0.3) is 0 Å². The number of hydrogen-bond acceptors (Lipinski definition) is 4. The molecule has 0 fully saturated rings. The first-order valence-electron chi connectivity index (χ1n) is 9.20. The Kier molecular flexibility index (Phi) is 6.24. The van der Waals surface area contributed by atoms with Gasteiger partial charge in [0.2, 0.25) is 5.91 Å². The topological polar surface area (TPSA) is 72.5 Å². The fourth-order valence-electron chi connectivity index (χ4n) is 2.62. The van der Waals surface area contributed by atoms with Gasteiger partial charge in [0.25, 0.3) is 0 Å². The highest BCUT2D eigenvalue weighted by Crippen LogP contribution is 2.26. The summed E-state index contributed by atoms with van der Waals surface area (Å²) in [7, 11) is -3.82. The van der Waals surface area contributed by atoms with Crippen LogP contribution in [0.15, 0.2) is 53.4 Å². The van der Waals surface area contributed by atoms with E-state index in [1.807, 2.05) is 58.0 Å². The summed E-state index contributed by atoms with van der Waals surface area (Å²) in [6.45, 7) is 10.8. The van der Waals surface area contributed by atoms with Crippen molar-refractivity contribution in [1.82, 2.24) is 5.32 Å². The van der Waals surface area contributed by atoms with E-state index in [9.17, 15) is 13.2 Å². The van der Waals surface area contributed by atoms with E-state index >= 15 is 0 Å². The number of nitrogens with one attached hydrogen (secondary N) is 1. The number of sulfone groups is 1. The summed E-state index contributed by atoms with van der Waals surface area (Å²) in [6.07, 6.45) is 0. The van der Waals surface area contributed by atoms with Crippen molar-refractivity contribution in [2.24, 2.45) is 0 Å². The predicted molar refractivity (Wildman–Crippen MR) is 111 cm³/mol. The van der Waals surface area contributed by atoms with Gasteiger partial charge in [0, 0.05) is 6.54 Å². The van der Waals surface area contributed by atoms with Crippen LogP contribution >= 0.6 is 0 Å². The van der Waals surface area contributed by atoms with E-state index in [1.54, 1.807) is 12.1 Å². The van der Waals surface area contributed by atoms with Gasteiger partial charge in [-0.1, -0.05) is 24.3 Å². The summed E-state index contributed by atoms with van der Waals surface area (Å²) in [5.74, 6) is 0.203. The zero-order valence-electron chi connectivity index (χ0n) is 17.4. The van der Waals surface area contributed by atoms with Crippen LogP contribution in [0.4, 0.5) is 0 Å². The van der Waals surface area contributed by atoms with Crippen LogP contribution in [-0.4, -0.2) is 24.7 Å².